The zero-order chi connectivity index (χ0) is 11.5. The maximum atomic E-state index is 6.07. The van der Waals surface area contributed by atoms with Gasteiger partial charge in [0.05, 0.1) is 7.11 Å². The molecule has 0 bridgehead atoms. The topological polar surface area (TPSA) is 24.5 Å². The minimum atomic E-state index is 0.483. The van der Waals surface area contributed by atoms with Crippen molar-refractivity contribution in [1.82, 2.24) is 5.32 Å². The molecule has 1 fully saturated rings. The molecule has 1 N–H and O–H groups in total. The zero-order valence-electron chi connectivity index (χ0n) is 9.66. The molecule has 88 valence electrons. The Balaban J connectivity index is 2.27. The minimum absolute atomic E-state index is 0.483. The molecule has 4 heteroatoms. The molecule has 0 spiro atoms. The molecule has 16 heavy (non-hydrogen) atoms. The van der Waals surface area contributed by atoms with Gasteiger partial charge in [-0.05, 0) is 19.1 Å². The van der Waals surface area contributed by atoms with Crippen molar-refractivity contribution in [2.45, 2.75) is 13.0 Å². The van der Waals surface area contributed by atoms with Gasteiger partial charge in [-0.15, -0.1) is 0 Å². The van der Waals surface area contributed by atoms with E-state index in [0.717, 1.165) is 36.1 Å². The molecule has 1 atom stereocenters. The molecule has 1 heterocycles. The van der Waals surface area contributed by atoms with E-state index in [2.05, 4.69) is 17.1 Å². The number of benzene rings is 1. The summed E-state index contributed by atoms with van der Waals surface area (Å²) in [6, 6.07) is 6.34. The van der Waals surface area contributed by atoms with Gasteiger partial charge in [-0.2, -0.15) is 0 Å². The zero-order valence-corrected chi connectivity index (χ0v) is 10.4. The Hall–Kier alpha value is -0.930. The van der Waals surface area contributed by atoms with Gasteiger partial charge in [0, 0.05) is 42.5 Å². The van der Waals surface area contributed by atoms with E-state index in [1.165, 1.54) is 0 Å². The van der Waals surface area contributed by atoms with Crippen molar-refractivity contribution < 1.29 is 4.74 Å². The molecule has 1 aromatic rings. The van der Waals surface area contributed by atoms with E-state index >= 15 is 0 Å². The van der Waals surface area contributed by atoms with Crippen LogP contribution in [0.5, 0.6) is 5.75 Å². The summed E-state index contributed by atoms with van der Waals surface area (Å²) in [5.74, 6) is 0.813. The number of rotatable bonds is 2. The lowest BCUT2D eigenvalue weighted by Crippen LogP contribution is -2.49. The maximum Gasteiger partial charge on any atom is 0.122 e. The Kier molecular flexibility index (Phi) is 3.56. The van der Waals surface area contributed by atoms with Gasteiger partial charge in [0.1, 0.15) is 5.75 Å². The second kappa shape index (κ2) is 4.93. The van der Waals surface area contributed by atoms with Gasteiger partial charge in [-0.1, -0.05) is 11.6 Å². The largest absolute Gasteiger partial charge is 0.497 e. The molecular formula is C12H17ClN2O. The summed E-state index contributed by atoms with van der Waals surface area (Å²) in [7, 11) is 1.66. The highest BCUT2D eigenvalue weighted by molar-refractivity contribution is 6.31. The van der Waals surface area contributed by atoms with Crippen molar-refractivity contribution in [3.63, 3.8) is 0 Å². The molecule has 0 saturated carbocycles. The molecule has 0 aliphatic carbocycles. The number of ether oxygens (including phenoxy) is 1. The van der Waals surface area contributed by atoms with Crippen LogP contribution in [0.15, 0.2) is 18.2 Å². The standard InChI is InChI=1S/C12H17ClN2O/c1-9-8-14-3-4-15(9)11-5-10(13)6-12(7-11)16-2/h5-7,9,14H,3-4,8H2,1-2H3/t9-/m0/s1. The van der Waals surface area contributed by atoms with E-state index in [1.54, 1.807) is 7.11 Å². The summed E-state index contributed by atoms with van der Waals surface area (Å²) in [5.41, 5.74) is 1.14. The molecule has 1 aliphatic rings. The summed E-state index contributed by atoms with van der Waals surface area (Å²) in [6.07, 6.45) is 0. The van der Waals surface area contributed by atoms with Gasteiger partial charge in [0.15, 0.2) is 0 Å². The van der Waals surface area contributed by atoms with Crippen LogP contribution in [0.25, 0.3) is 0 Å². The first kappa shape index (κ1) is 11.6. The summed E-state index contributed by atoms with van der Waals surface area (Å²) in [4.78, 5) is 2.35. The van der Waals surface area contributed by atoms with Gasteiger partial charge < -0.3 is 15.0 Å². The first-order valence-corrected chi connectivity index (χ1v) is 5.90. The monoisotopic (exact) mass is 240 g/mol. The summed E-state index contributed by atoms with van der Waals surface area (Å²) in [6.45, 7) is 5.23. The highest BCUT2D eigenvalue weighted by Gasteiger charge is 2.18. The number of methoxy groups -OCH3 is 1. The lowest BCUT2D eigenvalue weighted by Gasteiger charge is -2.36. The van der Waals surface area contributed by atoms with Crippen LogP contribution >= 0.6 is 11.6 Å². The number of halogens is 1. The van der Waals surface area contributed by atoms with E-state index in [9.17, 15) is 0 Å². The summed E-state index contributed by atoms with van der Waals surface area (Å²) >= 11 is 6.07. The van der Waals surface area contributed by atoms with Crippen molar-refractivity contribution in [3.05, 3.63) is 23.2 Å². The van der Waals surface area contributed by atoms with E-state index < -0.39 is 0 Å². The number of piperazine rings is 1. The third-order valence-corrected chi connectivity index (χ3v) is 3.14. The fraction of sp³-hybridized carbons (Fsp3) is 0.500. The smallest absolute Gasteiger partial charge is 0.122 e. The predicted octanol–water partition coefficient (Wildman–Crippen LogP) is 2.15. The lowest BCUT2D eigenvalue weighted by molar-refractivity contribution is 0.414. The van der Waals surface area contributed by atoms with Crippen LogP contribution in [0.1, 0.15) is 6.92 Å². The average molecular weight is 241 g/mol. The van der Waals surface area contributed by atoms with E-state index in [4.69, 9.17) is 16.3 Å². The highest BCUT2D eigenvalue weighted by atomic mass is 35.5. The van der Waals surface area contributed by atoms with Gasteiger partial charge >= 0.3 is 0 Å². The molecular weight excluding hydrogens is 224 g/mol. The molecule has 3 nitrogen and oxygen atoms in total. The van der Waals surface area contributed by atoms with Crippen LogP contribution in [0.2, 0.25) is 5.02 Å². The molecule has 0 amide bonds. The van der Waals surface area contributed by atoms with E-state index in [1.807, 2.05) is 18.2 Å². The fourth-order valence-electron chi connectivity index (χ4n) is 2.06. The fourth-order valence-corrected chi connectivity index (χ4v) is 2.28. The Bertz CT molecular complexity index is 370. The van der Waals surface area contributed by atoms with Crippen LogP contribution in [0.3, 0.4) is 0 Å². The number of nitrogens with zero attached hydrogens (tertiary/aromatic N) is 1. The third-order valence-electron chi connectivity index (χ3n) is 2.92. The summed E-state index contributed by atoms with van der Waals surface area (Å²) in [5, 5.41) is 4.09. The Labute approximate surface area is 101 Å². The average Bonchev–Trinajstić information content (AvgIpc) is 2.28. The van der Waals surface area contributed by atoms with Gasteiger partial charge in [0.2, 0.25) is 0 Å². The Morgan fingerprint density at radius 2 is 2.25 bits per heavy atom. The van der Waals surface area contributed by atoms with E-state index in [-0.39, 0.29) is 0 Å². The second-order valence-corrected chi connectivity index (χ2v) is 4.53. The van der Waals surface area contributed by atoms with Gasteiger partial charge in [-0.3, -0.25) is 0 Å². The van der Waals surface area contributed by atoms with Crippen molar-refractivity contribution in [1.29, 1.82) is 0 Å². The van der Waals surface area contributed by atoms with Crippen molar-refractivity contribution >= 4 is 17.3 Å². The van der Waals surface area contributed by atoms with Gasteiger partial charge in [-0.25, -0.2) is 0 Å². The van der Waals surface area contributed by atoms with Crippen molar-refractivity contribution in [2.24, 2.45) is 0 Å². The first-order chi connectivity index (χ1) is 7.70. The number of hydrogen-bond donors (Lipinski definition) is 1. The number of nitrogens with one attached hydrogen (secondary N) is 1. The summed E-state index contributed by atoms with van der Waals surface area (Å²) < 4.78 is 5.23. The molecule has 1 saturated heterocycles. The highest BCUT2D eigenvalue weighted by Crippen LogP contribution is 2.28. The normalized spacial score (nSPS) is 20.9. The second-order valence-electron chi connectivity index (χ2n) is 4.10. The first-order valence-electron chi connectivity index (χ1n) is 5.52. The Morgan fingerprint density at radius 1 is 1.44 bits per heavy atom. The van der Waals surface area contributed by atoms with Crippen LogP contribution in [-0.2, 0) is 0 Å². The third kappa shape index (κ3) is 2.42. The quantitative estimate of drug-likeness (QED) is 0.857. The molecule has 1 aliphatic heterocycles. The minimum Gasteiger partial charge on any atom is -0.497 e. The molecule has 0 unspecified atom stereocenters. The van der Waals surface area contributed by atoms with Crippen molar-refractivity contribution in [2.75, 3.05) is 31.6 Å². The van der Waals surface area contributed by atoms with Gasteiger partial charge in [0.25, 0.3) is 0 Å². The number of hydrogen-bond acceptors (Lipinski definition) is 3. The van der Waals surface area contributed by atoms with Crippen LogP contribution < -0.4 is 15.0 Å². The molecule has 2 rings (SSSR count). The van der Waals surface area contributed by atoms with Crippen LogP contribution in [0, 0.1) is 0 Å². The SMILES string of the molecule is COc1cc(Cl)cc(N2CCNC[C@@H]2C)c1. The molecule has 0 aromatic heterocycles. The molecule has 0 radical (unpaired) electrons. The molecule has 1 aromatic carbocycles. The van der Waals surface area contributed by atoms with Crippen molar-refractivity contribution in [3.8, 4) is 5.75 Å². The lowest BCUT2D eigenvalue weighted by atomic mass is 10.1. The van der Waals surface area contributed by atoms with Crippen LogP contribution in [-0.4, -0.2) is 32.8 Å². The Morgan fingerprint density at radius 3 is 2.94 bits per heavy atom. The van der Waals surface area contributed by atoms with E-state index in [0.29, 0.717) is 6.04 Å². The number of anilines is 1. The maximum absolute atomic E-state index is 6.07. The van der Waals surface area contributed by atoms with Crippen LogP contribution in [0.4, 0.5) is 5.69 Å². The predicted molar refractivity (Wildman–Crippen MR) is 67.7 cm³/mol.